The van der Waals surface area contributed by atoms with Gasteiger partial charge in [0.2, 0.25) is 5.70 Å². The maximum Gasteiger partial charge on any atom is 0.306 e. The van der Waals surface area contributed by atoms with Gasteiger partial charge in [0.1, 0.15) is 6.10 Å². The average Bonchev–Trinajstić information content (AvgIpc) is 3.43. The van der Waals surface area contributed by atoms with E-state index in [0.717, 1.165) is 106 Å². The van der Waals surface area contributed by atoms with Crippen molar-refractivity contribution in [2.24, 2.45) is 46.3 Å². The molecule has 0 heterocycles. The van der Waals surface area contributed by atoms with Gasteiger partial charge in [-0.25, -0.2) is 0 Å². The van der Waals surface area contributed by atoms with Crippen molar-refractivity contribution in [3.8, 4) is 0 Å². The fraction of sp³-hybridized carbons (Fsp3) is 0.844. The zero-order valence-electron chi connectivity index (χ0n) is 33.2. The first-order chi connectivity index (χ1) is 24.0. The van der Waals surface area contributed by atoms with Crippen LogP contribution in [-0.2, 0) is 9.53 Å². The standard InChI is InChI=1S/C45H75NO4/c1-7-8-9-10-13-16-22-37(46(48)49)23-17-14-11-12-15-18-24-43(47)50-38-29-31-44(5)36(33-38)25-26-39-41-28-27-40(35(4)21-19-20-34(2)3)45(41,6)32-30-42(39)44/h13,16,23,25,34-35,38-42H,7-12,14-15,17-22,24,26-33H2,1-6H3/b16-13-,37-23+/t35-,38?,39?,40?,41?,42?,44+,45-/m1/s1. The highest BCUT2D eigenvalue weighted by atomic mass is 16.6. The molecule has 0 spiro atoms. The van der Waals surface area contributed by atoms with E-state index in [0.29, 0.717) is 24.0 Å². The molecule has 5 unspecified atom stereocenters. The Morgan fingerprint density at radius 1 is 0.920 bits per heavy atom. The summed E-state index contributed by atoms with van der Waals surface area (Å²) in [4.78, 5) is 24.0. The van der Waals surface area contributed by atoms with Crippen molar-refractivity contribution in [3.63, 3.8) is 0 Å². The topological polar surface area (TPSA) is 69.4 Å². The molecule has 0 aliphatic heterocycles. The highest BCUT2D eigenvalue weighted by molar-refractivity contribution is 5.69. The van der Waals surface area contributed by atoms with Crippen LogP contribution in [0, 0.1) is 56.5 Å². The van der Waals surface area contributed by atoms with Gasteiger partial charge in [-0.05, 0) is 129 Å². The summed E-state index contributed by atoms with van der Waals surface area (Å²) in [6.07, 6.45) is 33.8. The van der Waals surface area contributed by atoms with Crippen molar-refractivity contribution >= 4 is 5.97 Å². The Hall–Kier alpha value is -1.91. The van der Waals surface area contributed by atoms with Gasteiger partial charge < -0.3 is 4.74 Å². The van der Waals surface area contributed by atoms with Gasteiger partial charge in [0.15, 0.2) is 0 Å². The molecule has 0 aromatic heterocycles. The molecule has 0 amide bonds. The molecule has 0 radical (unpaired) electrons. The Balaban J connectivity index is 1.15. The average molecular weight is 694 g/mol. The molecule has 5 nitrogen and oxygen atoms in total. The Kier molecular flexibility index (Phi) is 16.2. The van der Waals surface area contributed by atoms with Crippen LogP contribution in [0.25, 0.3) is 0 Å². The molecule has 3 saturated carbocycles. The number of ether oxygens (including phenoxy) is 1. The van der Waals surface area contributed by atoms with Crippen LogP contribution < -0.4 is 0 Å². The summed E-state index contributed by atoms with van der Waals surface area (Å²) in [6, 6.07) is 0. The molecule has 0 aromatic rings. The Morgan fingerprint density at radius 3 is 2.44 bits per heavy atom. The molecule has 3 fully saturated rings. The second-order valence-electron chi connectivity index (χ2n) is 18.1. The molecule has 0 bridgehead atoms. The summed E-state index contributed by atoms with van der Waals surface area (Å²) in [5.74, 6) is 5.06. The van der Waals surface area contributed by atoms with Crippen LogP contribution >= 0.6 is 0 Å². The van der Waals surface area contributed by atoms with Crippen LogP contribution in [0.2, 0.25) is 0 Å². The van der Waals surface area contributed by atoms with E-state index in [1.807, 2.05) is 6.08 Å². The number of carbonyl (C=O) groups excluding carboxylic acids is 1. The summed E-state index contributed by atoms with van der Waals surface area (Å²) in [5, 5.41) is 11.4. The Labute approximate surface area is 307 Å². The molecule has 0 N–H and O–H groups in total. The molecular formula is C45H75NO4. The van der Waals surface area contributed by atoms with Crippen LogP contribution in [0.3, 0.4) is 0 Å². The first-order valence-corrected chi connectivity index (χ1v) is 21.4. The second kappa shape index (κ2) is 19.8. The molecular weight excluding hydrogens is 618 g/mol. The largest absolute Gasteiger partial charge is 0.462 e. The SMILES string of the molecule is CCCCC/C=C\C/C(=C\CCCCCCCC(=O)OC1CC[C@@]2(C)C(=CCC3C4CCC([C@H](C)CCCC(C)C)[C@@]4(C)CCC32)C1)[N+](=O)[O-]. The number of hydrogen-bond acceptors (Lipinski definition) is 4. The number of carbonyl (C=O) groups is 1. The summed E-state index contributed by atoms with van der Waals surface area (Å²) in [7, 11) is 0. The number of allylic oxidation sites excluding steroid dienone is 4. The summed E-state index contributed by atoms with van der Waals surface area (Å²) < 4.78 is 6.09. The van der Waals surface area contributed by atoms with Crippen LogP contribution in [0.4, 0.5) is 0 Å². The van der Waals surface area contributed by atoms with Gasteiger partial charge in [-0.3, -0.25) is 14.9 Å². The van der Waals surface area contributed by atoms with Gasteiger partial charge in [0.05, 0.1) is 11.3 Å². The summed E-state index contributed by atoms with van der Waals surface area (Å²) >= 11 is 0. The zero-order chi connectivity index (χ0) is 36.1. The van der Waals surface area contributed by atoms with Gasteiger partial charge in [-0.15, -0.1) is 0 Å². The van der Waals surface area contributed by atoms with Crippen molar-refractivity contribution < 1.29 is 14.5 Å². The number of fused-ring (bicyclic) bond motifs is 5. The molecule has 0 saturated heterocycles. The van der Waals surface area contributed by atoms with E-state index in [2.05, 4.69) is 53.7 Å². The van der Waals surface area contributed by atoms with Crippen LogP contribution in [0.5, 0.6) is 0 Å². The maximum absolute atomic E-state index is 12.8. The molecule has 4 aliphatic rings. The van der Waals surface area contributed by atoms with Gasteiger partial charge in [0, 0.05) is 12.8 Å². The lowest BCUT2D eigenvalue weighted by Gasteiger charge is -2.58. The minimum atomic E-state index is -0.234. The third kappa shape index (κ3) is 10.8. The van der Waals surface area contributed by atoms with E-state index >= 15 is 0 Å². The van der Waals surface area contributed by atoms with Gasteiger partial charge in [-0.1, -0.05) is 117 Å². The van der Waals surface area contributed by atoms with Crippen molar-refractivity contribution in [2.45, 2.75) is 195 Å². The minimum absolute atomic E-state index is 0.0258. The van der Waals surface area contributed by atoms with Gasteiger partial charge in [0.25, 0.3) is 0 Å². The maximum atomic E-state index is 12.8. The lowest BCUT2D eigenvalue weighted by Crippen LogP contribution is -2.51. The third-order valence-corrected chi connectivity index (χ3v) is 14.2. The van der Waals surface area contributed by atoms with E-state index < -0.39 is 0 Å². The van der Waals surface area contributed by atoms with E-state index in [9.17, 15) is 14.9 Å². The number of rotatable bonds is 21. The first-order valence-electron chi connectivity index (χ1n) is 21.4. The number of hydrogen-bond donors (Lipinski definition) is 0. The zero-order valence-corrected chi connectivity index (χ0v) is 33.2. The highest BCUT2D eigenvalue weighted by Crippen LogP contribution is 2.67. The molecule has 50 heavy (non-hydrogen) atoms. The predicted molar refractivity (Wildman–Crippen MR) is 208 cm³/mol. The van der Waals surface area contributed by atoms with Crippen molar-refractivity contribution in [1.29, 1.82) is 0 Å². The molecule has 4 aliphatic carbocycles. The van der Waals surface area contributed by atoms with Gasteiger partial charge in [-0.2, -0.15) is 0 Å². The fourth-order valence-electron chi connectivity index (χ4n) is 11.3. The van der Waals surface area contributed by atoms with Crippen LogP contribution in [-0.4, -0.2) is 17.0 Å². The van der Waals surface area contributed by atoms with E-state index in [4.69, 9.17) is 4.74 Å². The van der Waals surface area contributed by atoms with Crippen molar-refractivity contribution in [3.05, 3.63) is 45.7 Å². The normalized spacial score (nSPS) is 31.6. The van der Waals surface area contributed by atoms with Gasteiger partial charge >= 0.3 is 5.97 Å². The molecule has 8 atom stereocenters. The number of nitrogens with zero attached hydrogens (tertiary/aromatic N) is 1. The Morgan fingerprint density at radius 2 is 1.68 bits per heavy atom. The highest BCUT2D eigenvalue weighted by Gasteiger charge is 2.59. The molecule has 5 heteroatoms. The quantitative estimate of drug-likeness (QED) is 0.0394. The fourth-order valence-corrected chi connectivity index (χ4v) is 11.3. The van der Waals surface area contributed by atoms with Crippen LogP contribution in [0.1, 0.15) is 189 Å². The first kappa shape index (κ1) is 40.9. The second-order valence-corrected chi connectivity index (χ2v) is 18.1. The third-order valence-electron chi connectivity index (χ3n) is 14.2. The van der Waals surface area contributed by atoms with Crippen LogP contribution in [0.15, 0.2) is 35.6 Å². The van der Waals surface area contributed by atoms with Crippen molar-refractivity contribution in [2.75, 3.05) is 0 Å². The lowest BCUT2D eigenvalue weighted by atomic mass is 9.47. The number of nitro groups is 1. The number of unbranched alkanes of at least 4 members (excludes halogenated alkanes) is 8. The van der Waals surface area contributed by atoms with E-state index in [1.165, 1.54) is 64.2 Å². The smallest absolute Gasteiger partial charge is 0.306 e. The summed E-state index contributed by atoms with van der Waals surface area (Å²) in [5.41, 5.74) is 2.72. The summed E-state index contributed by atoms with van der Waals surface area (Å²) in [6.45, 7) is 14.7. The predicted octanol–water partition coefficient (Wildman–Crippen LogP) is 13.4. The lowest BCUT2D eigenvalue weighted by molar-refractivity contribution is -0.427. The monoisotopic (exact) mass is 694 g/mol. The van der Waals surface area contributed by atoms with Crippen molar-refractivity contribution in [1.82, 2.24) is 0 Å². The molecule has 4 rings (SSSR count). The number of esters is 1. The molecule has 284 valence electrons. The molecule has 0 aromatic carbocycles. The minimum Gasteiger partial charge on any atom is -0.462 e. The Bertz CT molecular complexity index is 1170. The van der Waals surface area contributed by atoms with E-state index in [-0.39, 0.29) is 22.4 Å². The van der Waals surface area contributed by atoms with E-state index in [1.54, 1.807) is 11.6 Å².